The molecule has 4 nitrogen and oxygen atoms in total. The van der Waals surface area contributed by atoms with Crippen LogP contribution >= 0.6 is 23.7 Å². The summed E-state index contributed by atoms with van der Waals surface area (Å²) in [6, 6.07) is 13.9. The van der Waals surface area contributed by atoms with Crippen molar-refractivity contribution in [2.75, 3.05) is 19.6 Å². The number of likely N-dealkylation sites (tertiary alicyclic amines) is 1. The van der Waals surface area contributed by atoms with E-state index in [1.54, 1.807) is 12.1 Å². The number of aromatic nitrogens is 1. The summed E-state index contributed by atoms with van der Waals surface area (Å²) in [7, 11) is 0. The largest absolute Gasteiger partial charge is 0.507 e. The molecule has 0 radical (unpaired) electrons. The van der Waals surface area contributed by atoms with E-state index in [-0.39, 0.29) is 23.7 Å². The number of pyridine rings is 1. The zero-order valence-electron chi connectivity index (χ0n) is 16.7. The van der Waals surface area contributed by atoms with E-state index >= 15 is 0 Å². The predicted molar refractivity (Wildman–Crippen MR) is 128 cm³/mol. The first-order valence-electron chi connectivity index (χ1n) is 10.3. The number of rotatable bonds is 4. The van der Waals surface area contributed by atoms with Crippen molar-refractivity contribution in [2.24, 2.45) is 0 Å². The second kappa shape index (κ2) is 8.80. The molecule has 1 aliphatic heterocycles. The van der Waals surface area contributed by atoms with Crippen molar-refractivity contribution in [3.8, 4) is 16.9 Å². The molecule has 3 heterocycles. The molecule has 1 fully saturated rings. The molecule has 0 amide bonds. The van der Waals surface area contributed by atoms with Crippen molar-refractivity contribution in [3.05, 3.63) is 63.8 Å². The van der Waals surface area contributed by atoms with Gasteiger partial charge in [0.2, 0.25) is 0 Å². The van der Waals surface area contributed by atoms with Gasteiger partial charge in [0.25, 0.3) is 5.56 Å². The second-order valence-corrected chi connectivity index (χ2v) is 8.77. The molecule has 5 rings (SSSR count). The maximum Gasteiger partial charge on any atom is 0.266 e. The first kappa shape index (κ1) is 20.9. The number of hydrogen-bond acceptors (Lipinski definition) is 4. The summed E-state index contributed by atoms with van der Waals surface area (Å²) in [4.78, 5) is 17.8. The molecule has 1 saturated heterocycles. The predicted octanol–water partition coefficient (Wildman–Crippen LogP) is 5.57. The van der Waals surface area contributed by atoms with Gasteiger partial charge in [-0.15, -0.1) is 23.7 Å². The number of nitrogens with one attached hydrogen (secondary N) is 1. The lowest BCUT2D eigenvalue weighted by Gasteiger charge is -2.26. The summed E-state index contributed by atoms with van der Waals surface area (Å²) in [5, 5.41) is 14.4. The molecule has 4 aromatic rings. The van der Waals surface area contributed by atoms with Gasteiger partial charge in [-0.05, 0) is 67.1 Å². The highest BCUT2D eigenvalue weighted by atomic mass is 35.5. The van der Waals surface area contributed by atoms with Crippen LogP contribution in [0.25, 0.3) is 32.1 Å². The van der Waals surface area contributed by atoms with Crippen LogP contribution in [0.15, 0.2) is 52.6 Å². The Morgan fingerprint density at radius 1 is 1.00 bits per heavy atom. The van der Waals surface area contributed by atoms with Crippen LogP contribution in [0.5, 0.6) is 5.75 Å². The van der Waals surface area contributed by atoms with Crippen LogP contribution in [0, 0.1) is 0 Å². The molecule has 0 aliphatic carbocycles. The molecule has 0 spiro atoms. The Kier molecular flexibility index (Phi) is 6.14. The van der Waals surface area contributed by atoms with Gasteiger partial charge in [0.05, 0.1) is 0 Å². The topological polar surface area (TPSA) is 56.3 Å². The van der Waals surface area contributed by atoms with Gasteiger partial charge in [0.1, 0.15) is 10.4 Å². The van der Waals surface area contributed by atoms with E-state index in [4.69, 9.17) is 0 Å². The van der Waals surface area contributed by atoms with Gasteiger partial charge in [-0.2, -0.15) is 0 Å². The average Bonchev–Trinajstić information content (AvgIpc) is 3.25. The second-order valence-electron chi connectivity index (χ2n) is 7.85. The van der Waals surface area contributed by atoms with Crippen LogP contribution in [0.4, 0.5) is 0 Å². The van der Waals surface area contributed by atoms with Crippen LogP contribution in [0.1, 0.15) is 24.8 Å². The number of benzene rings is 2. The Bertz CT molecular complexity index is 1220. The number of nitrogens with zero attached hydrogens (tertiary/aromatic N) is 1. The fourth-order valence-corrected chi connectivity index (χ4v) is 5.23. The van der Waals surface area contributed by atoms with Crippen LogP contribution in [0.2, 0.25) is 0 Å². The van der Waals surface area contributed by atoms with E-state index in [2.05, 4.69) is 34.1 Å². The third-order valence-corrected chi connectivity index (χ3v) is 6.89. The molecule has 6 heteroatoms. The number of H-pyrrole nitrogens is 1. The lowest BCUT2D eigenvalue weighted by molar-refractivity contribution is 0.231. The minimum Gasteiger partial charge on any atom is -0.507 e. The molecule has 0 unspecified atom stereocenters. The Labute approximate surface area is 185 Å². The first-order chi connectivity index (χ1) is 14.2. The molecular formula is C24H25ClN2O2S. The van der Waals surface area contributed by atoms with Crippen LogP contribution < -0.4 is 5.56 Å². The quantitative estimate of drug-likeness (QED) is 0.436. The molecule has 1 aliphatic rings. The Morgan fingerprint density at radius 2 is 1.77 bits per heavy atom. The highest BCUT2D eigenvalue weighted by Crippen LogP contribution is 2.39. The summed E-state index contributed by atoms with van der Waals surface area (Å²) in [5.41, 5.74) is 3.74. The summed E-state index contributed by atoms with van der Waals surface area (Å²) < 4.78 is 0.697. The molecule has 0 atom stereocenters. The van der Waals surface area contributed by atoms with Crippen molar-refractivity contribution < 1.29 is 5.11 Å². The molecule has 156 valence electrons. The minimum atomic E-state index is -0.0767. The number of thiophene rings is 1. The molecule has 0 saturated carbocycles. The third kappa shape index (κ3) is 3.85. The van der Waals surface area contributed by atoms with E-state index < -0.39 is 0 Å². The summed E-state index contributed by atoms with van der Waals surface area (Å²) in [6.45, 7) is 3.54. The van der Waals surface area contributed by atoms with E-state index in [0.29, 0.717) is 4.70 Å². The van der Waals surface area contributed by atoms with E-state index in [0.717, 1.165) is 40.4 Å². The maximum atomic E-state index is 12.3. The highest BCUT2D eigenvalue weighted by Gasteiger charge is 2.15. The SMILES string of the molecule is Cl.O=c1[nH]c2ccc(O)c(-c3ccc(CCN4CCCCC4)cc3)c2c2ccsc12. The molecule has 2 N–H and O–H groups in total. The third-order valence-electron chi connectivity index (χ3n) is 5.98. The van der Waals surface area contributed by atoms with E-state index in [1.807, 2.05) is 11.4 Å². The number of piperidine rings is 1. The van der Waals surface area contributed by atoms with E-state index in [9.17, 15) is 9.90 Å². The zero-order valence-corrected chi connectivity index (χ0v) is 18.3. The van der Waals surface area contributed by atoms with Gasteiger partial charge >= 0.3 is 0 Å². The molecule has 0 bridgehead atoms. The van der Waals surface area contributed by atoms with Gasteiger partial charge in [0.15, 0.2) is 0 Å². The number of aromatic hydroxyl groups is 1. The number of phenols is 1. The van der Waals surface area contributed by atoms with Crippen LogP contribution in [-0.2, 0) is 6.42 Å². The highest BCUT2D eigenvalue weighted by molar-refractivity contribution is 7.17. The normalized spacial score (nSPS) is 14.8. The molecule has 2 aromatic heterocycles. The Hall–Kier alpha value is -2.34. The first-order valence-corrected chi connectivity index (χ1v) is 11.2. The van der Waals surface area contributed by atoms with Crippen molar-refractivity contribution in [1.29, 1.82) is 0 Å². The standard InChI is InChI=1S/C24H24N2O2S.ClH/c27-20-9-8-19-22(18-11-15-29-23(18)24(28)25-19)21(20)17-6-4-16(5-7-17)10-14-26-12-2-1-3-13-26;/h4-9,11,15,27H,1-3,10,12-14H2,(H,25,28);1H. The minimum absolute atomic E-state index is 0. The maximum absolute atomic E-state index is 12.3. The lowest BCUT2D eigenvalue weighted by Crippen LogP contribution is -2.31. The Balaban J connectivity index is 0.00000218. The van der Waals surface area contributed by atoms with Crippen LogP contribution in [0.3, 0.4) is 0 Å². The summed E-state index contributed by atoms with van der Waals surface area (Å²) >= 11 is 1.43. The monoisotopic (exact) mass is 440 g/mol. The molecule has 30 heavy (non-hydrogen) atoms. The van der Waals surface area contributed by atoms with Gasteiger partial charge in [-0.3, -0.25) is 4.79 Å². The lowest BCUT2D eigenvalue weighted by atomic mass is 9.96. The van der Waals surface area contributed by atoms with Gasteiger partial charge in [-0.25, -0.2) is 0 Å². The van der Waals surface area contributed by atoms with Gasteiger partial charge in [-0.1, -0.05) is 30.7 Å². The number of aromatic amines is 1. The van der Waals surface area contributed by atoms with Gasteiger partial charge in [0, 0.05) is 28.4 Å². The van der Waals surface area contributed by atoms with Crippen molar-refractivity contribution in [1.82, 2.24) is 9.88 Å². The fourth-order valence-electron chi connectivity index (χ4n) is 4.44. The number of phenolic OH excluding ortho intramolecular Hbond substituents is 1. The van der Waals surface area contributed by atoms with Crippen LogP contribution in [-0.4, -0.2) is 34.6 Å². The Morgan fingerprint density at radius 3 is 2.53 bits per heavy atom. The molecular weight excluding hydrogens is 416 g/mol. The van der Waals surface area contributed by atoms with Gasteiger partial charge < -0.3 is 15.0 Å². The van der Waals surface area contributed by atoms with E-state index in [1.165, 1.54) is 49.3 Å². The average molecular weight is 441 g/mol. The van der Waals surface area contributed by atoms with Crippen molar-refractivity contribution in [3.63, 3.8) is 0 Å². The summed E-state index contributed by atoms with van der Waals surface area (Å²) in [6.07, 6.45) is 5.04. The van der Waals surface area contributed by atoms with Crippen molar-refractivity contribution in [2.45, 2.75) is 25.7 Å². The fraction of sp³-hybridized carbons (Fsp3) is 0.292. The summed E-state index contributed by atoms with van der Waals surface area (Å²) in [5.74, 6) is 0.234. The smallest absolute Gasteiger partial charge is 0.266 e. The number of fused-ring (bicyclic) bond motifs is 3. The van der Waals surface area contributed by atoms with Crippen molar-refractivity contribution >= 4 is 44.7 Å². The number of halogens is 1. The zero-order chi connectivity index (χ0) is 19.8. The number of hydrogen-bond donors (Lipinski definition) is 2. The molecule has 2 aromatic carbocycles.